The predicted molar refractivity (Wildman–Crippen MR) is 71.7 cm³/mol. The van der Waals surface area contributed by atoms with Gasteiger partial charge in [0.1, 0.15) is 11.9 Å². The average molecular weight is 247 g/mol. The standard InChI is InChI=1S/C15H18FNO/c1-2-3-6-11-9-10-14(17-18)15(11)12-7-4-5-8-13(12)16/h4-5,7-8,14H,2-3,6,9-10H2,1H3. The molecule has 2 nitrogen and oxygen atoms in total. The Morgan fingerprint density at radius 3 is 2.83 bits per heavy atom. The molecule has 0 saturated heterocycles. The molecule has 18 heavy (non-hydrogen) atoms. The Morgan fingerprint density at radius 1 is 1.39 bits per heavy atom. The Balaban J connectivity index is 2.40. The monoisotopic (exact) mass is 247 g/mol. The molecule has 1 aliphatic rings. The highest BCUT2D eigenvalue weighted by Crippen LogP contribution is 2.39. The Hall–Kier alpha value is -1.51. The van der Waals surface area contributed by atoms with E-state index in [1.165, 1.54) is 11.6 Å². The topological polar surface area (TPSA) is 29.4 Å². The van der Waals surface area contributed by atoms with E-state index in [1.807, 2.05) is 6.07 Å². The SMILES string of the molecule is CCCCC1=C(c2ccccc2F)C(N=O)CC1. The fourth-order valence-corrected chi connectivity index (χ4v) is 2.63. The molecule has 0 aromatic heterocycles. The molecular formula is C15H18FNO. The maximum atomic E-state index is 13.9. The van der Waals surface area contributed by atoms with Gasteiger partial charge < -0.3 is 0 Å². The van der Waals surface area contributed by atoms with Crippen LogP contribution in [0.2, 0.25) is 0 Å². The zero-order chi connectivity index (χ0) is 13.0. The van der Waals surface area contributed by atoms with Crippen LogP contribution in [0.4, 0.5) is 4.39 Å². The lowest BCUT2D eigenvalue weighted by Gasteiger charge is -2.11. The number of benzene rings is 1. The third-order valence-electron chi connectivity index (χ3n) is 3.56. The van der Waals surface area contributed by atoms with Gasteiger partial charge >= 0.3 is 0 Å². The Bertz CT molecular complexity index is 467. The van der Waals surface area contributed by atoms with Crippen molar-refractivity contribution in [2.75, 3.05) is 0 Å². The van der Waals surface area contributed by atoms with Crippen LogP contribution >= 0.6 is 0 Å². The summed E-state index contributed by atoms with van der Waals surface area (Å²) in [5, 5.41) is 3.17. The lowest BCUT2D eigenvalue weighted by molar-refractivity contribution is 0.621. The summed E-state index contributed by atoms with van der Waals surface area (Å²) in [7, 11) is 0. The van der Waals surface area contributed by atoms with E-state index >= 15 is 0 Å². The zero-order valence-electron chi connectivity index (χ0n) is 10.7. The van der Waals surface area contributed by atoms with Gasteiger partial charge in [-0.3, -0.25) is 0 Å². The van der Waals surface area contributed by atoms with Crippen molar-refractivity contribution < 1.29 is 4.39 Å². The zero-order valence-corrected chi connectivity index (χ0v) is 10.7. The Labute approximate surface area is 107 Å². The highest BCUT2D eigenvalue weighted by atomic mass is 19.1. The van der Waals surface area contributed by atoms with E-state index in [-0.39, 0.29) is 11.9 Å². The maximum Gasteiger partial charge on any atom is 0.130 e. The molecule has 2 rings (SSSR count). The summed E-state index contributed by atoms with van der Waals surface area (Å²) < 4.78 is 13.9. The van der Waals surface area contributed by atoms with Crippen LogP contribution in [-0.4, -0.2) is 6.04 Å². The first-order valence-electron chi connectivity index (χ1n) is 6.57. The summed E-state index contributed by atoms with van der Waals surface area (Å²) >= 11 is 0. The normalized spacial score (nSPS) is 19.3. The van der Waals surface area contributed by atoms with Crippen LogP contribution in [0.25, 0.3) is 5.57 Å². The van der Waals surface area contributed by atoms with Crippen molar-refractivity contribution in [2.24, 2.45) is 5.18 Å². The molecule has 0 spiro atoms. The van der Waals surface area contributed by atoms with Gasteiger partial charge in [-0.05, 0) is 37.3 Å². The summed E-state index contributed by atoms with van der Waals surface area (Å²) in [6, 6.07) is 6.31. The maximum absolute atomic E-state index is 13.9. The van der Waals surface area contributed by atoms with Crippen LogP contribution in [-0.2, 0) is 0 Å². The Kier molecular flexibility index (Phi) is 4.24. The van der Waals surface area contributed by atoms with Crippen molar-refractivity contribution in [1.82, 2.24) is 0 Å². The number of allylic oxidation sites excluding steroid dienone is 1. The minimum Gasteiger partial charge on any atom is -0.206 e. The number of unbranched alkanes of at least 4 members (excludes halogenated alkanes) is 1. The molecule has 1 aromatic rings. The molecule has 0 aliphatic heterocycles. The van der Waals surface area contributed by atoms with E-state index in [1.54, 1.807) is 12.1 Å². The molecule has 0 radical (unpaired) electrons. The van der Waals surface area contributed by atoms with Crippen LogP contribution in [0.3, 0.4) is 0 Å². The summed E-state index contributed by atoms with van der Waals surface area (Å²) in [5.74, 6) is -0.253. The van der Waals surface area contributed by atoms with Gasteiger partial charge in [0, 0.05) is 5.56 Å². The highest BCUT2D eigenvalue weighted by molar-refractivity contribution is 5.75. The number of nitroso groups, excluding NO2 is 1. The number of nitrogens with zero attached hydrogens (tertiary/aromatic N) is 1. The smallest absolute Gasteiger partial charge is 0.130 e. The number of halogens is 1. The fourth-order valence-electron chi connectivity index (χ4n) is 2.63. The molecule has 1 aliphatic carbocycles. The second-order valence-electron chi connectivity index (χ2n) is 4.76. The second-order valence-corrected chi connectivity index (χ2v) is 4.76. The average Bonchev–Trinajstić information content (AvgIpc) is 2.79. The van der Waals surface area contributed by atoms with Gasteiger partial charge in [-0.2, -0.15) is 4.91 Å². The molecule has 1 unspecified atom stereocenters. The second kappa shape index (κ2) is 5.89. The number of hydrogen-bond donors (Lipinski definition) is 0. The van der Waals surface area contributed by atoms with Gasteiger partial charge in [-0.15, -0.1) is 0 Å². The van der Waals surface area contributed by atoms with Crippen molar-refractivity contribution in [3.8, 4) is 0 Å². The van der Waals surface area contributed by atoms with Crippen molar-refractivity contribution in [3.63, 3.8) is 0 Å². The van der Waals surface area contributed by atoms with E-state index in [9.17, 15) is 9.30 Å². The molecule has 96 valence electrons. The van der Waals surface area contributed by atoms with E-state index in [0.29, 0.717) is 5.56 Å². The van der Waals surface area contributed by atoms with Gasteiger partial charge in [-0.25, -0.2) is 4.39 Å². The van der Waals surface area contributed by atoms with Crippen molar-refractivity contribution >= 4 is 5.57 Å². The van der Waals surface area contributed by atoms with Gasteiger partial charge in [0.05, 0.1) is 0 Å². The summed E-state index contributed by atoms with van der Waals surface area (Å²) in [6.07, 6.45) is 4.74. The molecule has 0 saturated carbocycles. The molecule has 0 fully saturated rings. The Morgan fingerprint density at radius 2 is 2.17 bits per heavy atom. The van der Waals surface area contributed by atoms with Crippen molar-refractivity contribution in [2.45, 2.75) is 45.1 Å². The minimum atomic E-state index is -0.367. The van der Waals surface area contributed by atoms with Gasteiger partial charge in [0.15, 0.2) is 0 Å². The van der Waals surface area contributed by atoms with E-state index in [2.05, 4.69) is 12.1 Å². The highest BCUT2D eigenvalue weighted by Gasteiger charge is 2.28. The van der Waals surface area contributed by atoms with Crippen molar-refractivity contribution in [1.29, 1.82) is 0 Å². The molecule has 1 atom stereocenters. The molecule has 3 heteroatoms. The fraction of sp³-hybridized carbons (Fsp3) is 0.467. The van der Waals surface area contributed by atoms with Gasteiger partial charge in [0.2, 0.25) is 0 Å². The van der Waals surface area contributed by atoms with Crippen molar-refractivity contribution in [3.05, 3.63) is 46.1 Å². The van der Waals surface area contributed by atoms with E-state index in [4.69, 9.17) is 0 Å². The van der Waals surface area contributed by atoms with E-state index < -0.39 is 0 Å². The molecule has 0 heterocycles. The van der Waals surface area contributed by atoms with Crippen LogP contribution in [0.5, 0.6) is 0 Å². The van der Waals surface area contributed by atoms with Gasteiger partial charge in [0.25, 0.3) is 0 Å². The van der Waals surface area contributed by atoms with Gasteiger partial charge in [-0.1, -0.05) is 42.3 Å². The third kappa shape index (κ3) is 2.50. The lowest BCUT2D eigenvalue weighted by atomic mass is 9.96. The molecule has 0 amide bonds. The first kappa shape index (κ1) is 12.9. The summed E-state index contributed by atoms with van der Waals surface area (Å²) in [5.41, 5.74) is 2.62. The molecular weight excluding hydrogens is 229 g/mol. The summed E-state index contributed by atoms with van der Waals surface area (Å²) in [4.78, 5) is 10.9. The first-order valence-corrected chi connectivity index (χ1v) is 6.57. The quantitative estimate of drug-likeness (QED) is 0.693. The minimum absolute atomic E-state index is 0.253. The molecule has 1 aromatic carbocycles. The number of hydrogen-bond acceptors (Lipinski definition) is 2. The van der Waals surface area contributed by atoms with Crippen LogP contribution in [0.15, 0.2) is 35.0 Å². The summed E-state index contributed by atoms with van der Waals surface area (Å²) in [6.45, 7) is 2.13. The van der Waals surface area contributed by atoms with Crippen LogP contribution in [0.1, 0.15) is 44.6 Å². The van der Waals surface area contributed by atoms with Crippen LogP contribution in [0, 0.1) is 10.7 Å². The first-order chi connectivity index (χ1) is 8.77. The number of rotatable bonds is 5. The van der Waals surface area contributed by atoms with Crippen LogP contribution < -0.4 is 0 Å². The van der Waals surface area contributed by atoms with E-state index in [0.717, 1.165) is 37.7 Å². The lowest BCUT2D eigenvalue weighted by Crippen LogP contribution is -2.03. The largest absolute Gasteiger partial charge is 0.206 e. The predicted octanol–water partition coefficient (Wildman–Crippen LogP) is 4.70. The molecule has 0 bridgehead atoms. The molecule has 0 N–H and O–H groups in total. The third-order valence-corrected chi connectivity index (χ3v) is 3.56.